The van der Waals surface area contributed by atoms with Crippen LogP contribution >= 0.6 is 22.9 Å². The van der Waals surface area contributed by atoms with Gasteiger partial charge in [-0.15, -0.1) is 11.3 Å². The van der Waals surface area contributed by atoms with E-state index < -0.39 is 11.5 Å². The van der Waals surface area contributed by atoms with Crippen LogP contribution in [0.15, 0.2) is 34.4 Å². The molecule has 1 saturated carbocycles. The number of carbonyl (C=O) groups excluding carboxylic acids is 2. The van der Waals surface area contributed by atoms with Gasteiger partial charge >= 0.3 is 5.97 Å². The number of aromatic nitrogens is 2. The molecule has 0 spiro atoms. The van der Waals surface area contributed by atoms with E-state index in [1.807, 2.05) is 0 Å². The van der Waals surface area contributed by atoms with Crippen LogP contribution < -0.4 is 10.9 Å². The van der Waals surface area contributed by atoms with Crippen LogP contribution in [-0.2, 0) is 9.53 Å². The van der Waals surface area contributed by atoms with E-state index in [9.17, 15) is 14.4 Å². The topological polar surface area (TPSA) is 90.3 Å². The molecular weight excluding hydrogens is 402 g/mol. The first kappa shape index (κ1) is 18.6. The summed E-state index contributed by atoms with van der Waals surface area (Å²) in [4.78, 5) is 37.8. The smallest absolute Gasteiger partial charge is 0.359 e. The van der Waals surface area contributed by atoms with E-state index in [1.54, 1.807) is 36.6 Å². The summed E-state index contributed by atoms with van der Waals surface area (Å²) >= 11 is 7.12. The van der Waals surface area contributed by atoms with E-state index in [1.165, 1.54) is 11.3 Å². The average molecular weight is 418 g/mol. The molecule has 1 aromatic carbocycles. The lowest BCUT2D eigenvalue weighted by molar-refractivity contribution is -0.117. The molecule has 2 heterocycles. The van der Waals surface area contributed by atoms with Crippen molar-refractivity contribution in [1.82, 2.24) is 9.78 Å². The molecular formula is C19H16ClN3O4S. The molecule has 1 N–H and O–H groups in total. The zero-order valence-corrected chi connectivity index (χ0v) is 16.5. The monoisotopic (exact) mass is 417 g/mol. The van der Waals surface area contributed by atoms with E-state index in [0.29, 0.717) is 21.1 Å². The molecule has 0 saturated heterocycles. The van der Waals surface area contributed by atoms with Gasteiger partial charge < -0.3 is 10.1 Å². The van der Waals surface area contributed by atoms with Crippen molar-refractivity contribution in [3.63, 3.8) is 0 Å². The van der Waals surface area contributed by atoms with Gasteiger partial charge in [0.25, 0.3) is 5.56 Å². The van der Waals surface area contributed by atoms with Gasteiger partial charge in [-0.3, -0.25) is 9.59 Å². The maximum Gasteiger partial charge on any atom is 0.359 e. The predicted molar refractivity (Wildman–Crippen MR) is 108 cm³/mol. The Hall–Kier alpha value is -2.71. The fourth-order valence-corrected chi connectivity index (χ4v) is 3.87. The second-order valence-corrected chi connectivity index (χ2v) is 7.70. The van der Waals surface area contributed by atoms with E-state index in [4.69, 9.17) is 16.3 Å². The Labute approximate surface area is 168 Å². The molecule has 1 amide bonds. The molecule has 9 heteroatoms. The Kier molecular flexibility index (Phi) is 4.91. The molecule has 2 aromatic heterocycles. The number of hydrogen-bond donors (Lipinski definition) is 1. The van der Waals surface area contributed by atoms with E-state index in [0.717, 1.165) is 17.5 Å². The van der Waals surface area contributed by atoms with Crippen LogP contribution in [0.4, 0.5) is 5.00 Å². The Morgan fingerprint density at radius 2 is 2.04 bits per heavy atom. The molecule has 0 bridgehead atoms. The van der Waals surface area contributed by atoms with Crippen LogP contribution in [-0.4, -0.2) is 28.3 Å². The molecule has 0 atom stereocenters. The van der Waals surface area contributed by atoms with Gasteiger partial charge in [0.1, 0.15) is 5.00 Å². The number of rotatable bonds is 5. The number of halogens is 1. The minimum atomic E-state index is -0.631. The lowest BCUT2D eigenvalue weighted by Gasteiger charge is -2.10. The third-order valence-electron chi connectivity index (χ3n) is 4.38. The van der Waals surface area contributed by atoms with Gasteiger partial charge in [0.2, 0.25) is 5.91 Å². The highest BCUT2D eigenvalue weighted by atomic mass is 35.5. The molecule has 1 aliphatic carbocycles. The van der Waals surface area contributed by atoms with Crippen molar-refractivity contribution in [1.29, 1.82) is 0 Å². The van der Waals surface area contributed by atoms with Gasteiger partial charge in [0, 0.05) is 21.7 Å². The zero-order valence-electron chi connectivity index (χ0n) is 14.9. The van der Waals surface area contributed by atoms with Crippen molar-refractivity contribution < 1.29 is 14.3 Å². The lowest BCUT2D eigenvalue weighted by atomic mass is 10.2. The standard InChI is InChI=1S/C19H16ClN3O4S/c1-2-27-19(26)15-13-9-28-17(21-16(24)10-3-4-10)14(13)18(25)23(22-15)12-7-5-11(20)6-8-12/h5-10H,2-4H2,1H3,(H,21,24). The Morgan fingerprint density at radius 3 is 2.68 bits per heavy atom. The van der Waals surface area contributed by atoms with Crippen molar-refractivity contribution >= 4 is 50.6 Å². The zero-order chi connectivity index (χ0) is 19.8. The first-order valence-electron chi connectivity index (χ1n) is 8.78. The van der Waals surface area contributed by atoms with Gasteiger partial charge in [-0.1, -0.05) is 11.6 Å². The number of amides is 1. The summed E-state index contributed by atoms with van der Waals surface area (Å²) in [6.07, 6.45) is 1.69. The SMILES string of the molecule is CCOC(=O)c1nn(-c2ccc(Cl)cc2)c(=O)c2c(NC(=O)C3CC3)scc12. The highest BCUT2D eigenvalue weighted by molar-refractivity contribution is 7.16. The molecule has 0 unspecified atom stereocenters. The average Bonchev–Trinajstić information content (AvgIpc) is 3.45. The second-order valence-electron chi connectivity index (χ2n) is 6.38. The van der Waals surface area contributed by atoms with Crippen LogP contribution in [0.5, 0.6) is 0 Å². The number of benzene rings is 1. The third kappa shape index (κ3) is 3.41. The van der Waals surface area contributed by atoms with Crippen molar-refractivity contribution in [3.8, 4) is 5.69 Å². The summed E-state index contributed by atoms with van der Waals surface area (Å²) in [5.41, 5.74) is 0.0415. The number of thiophene rings is 1. The summed E-state index contributed by atoms with van der Waals surface area (Å²) in [6, 6.07) is 6.52. The first-order valence-corrected chi connectivity index (χ1v) is 10.0. The van der Waals surface area contributed by atoms with Crippen molar-refractivity contribution in [3.05, 3.63) is 50.7 Å². The van der Waals surface area contributed by atoms with Crippen LogP contribution in [0.3, 0.4) is 0 Å². The molecule has 0 aliphatic heterocycles. The molecule has 144 valence electrons. The minimum Gasteiger partial charge on any atom is -0.461 e. The Bertz CT molecular complexity index is 1130. The van der Waals surface area contributed by atoms with Crippen molar-refractivity contribution in [2.24, 2.45) is 5.92 Å². The van der Waals surface area contributed by atoms with E-state index >= 15 is 0 Å². The largest absolute Gasteiger partial charge is 0.461 e. The number of ether oxygens (including phenoxy) is 1. The van der Waals surface area contributed by atoms with Crippen molar-refractivity contribution in [2.75, 3.05) is 11.9 Å². The fourth-order valence-electron chi connectivity index (χ4n) is 2.81. The highest BCUT2D eigenvalue weighted by Gasteiger charge is 2.31. The summed E-state index contributed by atoms with van der Waals surface area (Å²) in [5, 5.41) is 10.2. The predicted octanol–water partition coefficient (Wildman–Crippen LogP) is 3.63. The Morgan fingerprint density at radius 1 is 1.32 bits per heavy atom. The Balaban J connectivity index is 1.91. The number of nitrogens with zero attached hydrogens (tertiary/aromatic N) is 2. The molecule has 1 fully saturated rings. The normalized spacial score (nSPS) is 13.5. The molecule has 0 radical (unpaired) electrons. The second kappa shape index (κ2) is 7.37. The quantitative estimate of drug-likeness (QED) is 0.640. The molecule has 1 aliphatic rings. The van der Waals surface area contributed by atoms with Crippen LogP contribution in [0.2, 0.25) is 5.02 Å². The number of esters is 1. The van der Waals surface area contributed by atoms with Crippen LogP contribution in [0.25, 0.3) is 16.5 Å². The number of anilines is 1. The summed E-state index contributed by atoms with van der Waals surface area (Å²) in [6.45, 7) is 1.87. The van der Waals surface area contributed by atoms with Gasteiger partial charge in [-0.25, -0.2) is 4.79 Å². The van der Waals surface area contributed by atoms with E-state index in [-0.39, 0.29) is 29.5 Å². The maximum atomic E-state index is 13.2. The van der Waals surface area contributed by atoms with Gasteiger partial charge in [-0.05, 0) is 44.0 Å². The van der Waals surface area contributed by atoms with Crippen LogP contribution in [0.1, 0.15) is 30.3 Å². The van der Waals surface area contributed by atoms with Gasteiger partial charge in [-0.2, -0.15) is 9.78 Å². The third-order valence-corrected chi connectivity index (χ3v) is 5.52. The number of nitrogens with one attached hydrogen (secondary N) is 1. The van der Waals surface area contributed by atoms with Crippen LogP contribution in [0, 0.1) is 5.92 Å². The number of hydrogen-bond acceptors (Lipinski definition) is 6. The van der Waals surface area contributed by atoms with Gasteiger partial charge in [0.05, 0.1) is 17.7 Å². The summed E-state index contributed by atoms with van der Waals surface area (Å²) in [5.74, 6) is -0.759. The first-order chi connectivity index (χ1) is 13.5. The molecule has 7 nitrogen and oxygen atoms in total. The highest BCUT2D eigenvalue weighted by Crippen LogP contribution is 2.34. The molecule has 3 aromatic rings. The molecule has 28 heavy (non-hydrogen) atoms. The number of carbonyl (C=O) groups is 2. The summed E-state index contributed by atoms with van der Waals surface area (Å²) < 4.78 is 6.23. The summed E-state index contributed by atoms with van der Waals surface area (Å²) in [7, 11) is 0. The van der Waals surface area contributed by atoms with E-state index in [2.05, 4.69) is 10.4 Å². The molecule has 4 rings (SSSR count). The fraction of sp³-hybridized carbons (Fsp3) is 0.263. The number of fused-ring (bicyclic) bond motifs is 1. The van der Waals surface area contributed by atoms with Gasteiger partial charge in [0.15, 0.2) is 5.69 Å². The minimum absolute atomic E-state index is 0.0120. The maximum absolute atomic E-state index is 13.2. The lowest BCUT2D eigenvalue weighted by Crippen LogP contribution is -2.25. The van der Waals surface area contributed by atoms with Crippen molar-refractivity contribution in [2.45, 2.75) is 19.8 Å².